The number of aromatic nitrogens is 1. The van der Waals surface area contributed by atoms with Crippen LogP contribution in [0, 0.1) is 5.92 Å². The van der Waals surface area contributed by atoms with E-state index in [2.05, 4.69) is 4.98 Å². The Morgan fingerprint density at radius 3 is 2.58 bits per heavy atom. The topological polar surface area (TPSA) is 79.7 Å². The van der Waals surface area contributed by atoms with Gasteiger partial charge in [-0.25, -0.2) is 0 Å². The third-order valence-corrected chi connectivity index (χ3v) is 2.66. The van der Waals surface area contributed by atoms with Gasteiger partial charge >= 0.3 is 5.97 Å². The molecule has 0 spiro atoms. The maximum absolute atomic E-state index is 11.9. The van der Waals surface area contributed by atoms with Crippen molar-refractivity contribution in [3.8, 4) is 0 Å². The molecule has 0 aliphatic carbocycles. The minimum absolute atomic E-state index is 0.0581. The lowest BCUT2D eigenvalue weighted by molar-refractivity contribution is -0.144. The lowest BCUT2D eigenvalue weighted by Gasteiger charge is -2.24. The molecule has 1 heterocycles. The van der Waals surface area contributed by atoms with Crippen LogP contribution in [-0.4, -0.2) is 47.1 Å². The van der Waals surface area contributed by atoms with Crippen molar-refractivity contribution in [2.24, 2.45) is 5.92 Å². The number of hydrogen-bond donors (Lipinski definition) is 1. The lowest BCUT2D eigenvalue weighted by Crippen LogP contribution is -2.38. The van der Waals surface area contributed by atoms with Crippen LogP contribution in [0.2, 0.25) is 0 Å². The molecular weight excluding hydrogens is 248 g/mol. The van der Waals surface area contributed by atoms with Gasteiger partial charge in [0.05, 0.1) is 5.92 Å². The van der Waals surface area contributed by atoms with Gasteiger partial charge < -0.3 is 14.7 Å². The van der Waals surface area contributed by atoms with Crippen molar-refractivity contribution >= 4 is 11.9 Å². The van der Waals surface area contributed by atoms with E-state index in [1.54, 1.807) is 31.5 Å². The maximum atomic E-state index is 11.9. The summed E-state index contributed by atoms with van der Waals surface area (Å²) in [6.45, 7) is 2.02. The number of hydrogen-bond acceptors (Lipinski definition) is 4. The summed E-state index contributed by atoms with van der Waals surface area (Å²) in [6.07, 6.45) is 3.27. The van der Waals surface area contributed by atoms with Crippen LogP contribution >= 0.6 is 0 Å². The number of amides is 1. The minimum Gasteiger partial charge on any atom is -0.481 e. The minimum atomic E-state index is -0.926. The molecule has 1 aromatic rings. The van der Waals surface area contributed by atoms with E-state index < -0.39 is 11.9 Å². The predicted molar refractivity (Wildman–Crippen MR) is 68.3 cm³/mol. The number of rotatable bonds is 7. The fraction of sp³-hybridized carbons (Fsp3) is 0.462. The Bertz CT molecular complexity index is 422. The second kappa shape index (κ2) is 7.48. The Labute approximate surface area is 112 Å². The second-order valence-electron chi connectivity index (χ2n) is 4.30. The smallest absolute Gasteiger partial charge is 0.308 e. The Balaban J connectivity index is 2.74. The summed E-state index contributed by atoms with van der Waals surface area (Å²) in [5.74, 6) is -1.78. The molecule has 0 saturated heterocycles. The summed E-state index contributed by atoms with van der Waals surface area (Å²) in [7, 11) is 1.43. The Hall–Kier alpha value is -1.95. The van der Waals surface area contributed by atoms with E-state index >= 15 is 0 Å². The quantitative estimate of drug-likeness (QED) is 0.788. The highest BCUT2D eigenvalue weighted by Crippen LogP contribution is 2.08. The van der Waals surface area contributed by atoms with Gasteiger partial charge in [-0.3, -0.25) is 14.6 Å². The third kappa shape index (κ3) is 5.05. The molecule has 0 aliphatic heterocycles. The molecular formula is C13H18N2O4. The van der Waals surface area contributed by atoms with E-state index in [4.69, 9.17) is 9.84 Å². The lowest BCUT2D eigenvalue weighted by atomic mass is 10.1. The number of pyridine rings is 1. The summed E-state index contributed by atoms with van der Waals surface area (Å²) >= 11 is 0. The number of nitrogens with zero attached hydrogens (tertiary/aromatic N) is 2. The fourth-order valence-electron chi connectivity index (χ4n) is 1.59. The SMILES string of the molecule is COCC(=O)N(Cc1ccncc1)CC(C)C(=O)O. The Morgan fingerprint density at radius 2 is 2.05 bits per heavy atom. The highest BCUT2D eigenvalue weighted by Gasteiger charge is 2.20. The number of methoxy groups -OCH3 is 1. The van der Waals surface area contributed by atoms with Crippen molar-refractivity contribution in [3.05, 3.63) is 30.1 Å². The van der Waals surface area contributed by atoms with Gasteiger partial charge in [0.2, 0.25) is 5.91 Å². The van der Waals surface area contributed by atoms with E-state index in [9.17, 15) is 9.59 Å². The zero-order valence-corrected chi connectivity index (χ0v) is 11.1. The molecule has 0 aromatic carbocycles. The summed E-state index contributed by atoms with van der Waals surface area (Å²) in [4.78, 5) is 28.2. The Morgan fingerprint density at radius 1 is 1.42 bits per heavy atom. The summed E-state index contributed by atoms with van der Waals surface area (Å²) in [6, 6.07) is 3.58. The van der Waals surface area contributed by atoms with Gasteiger partial charge in [-0.1, -0.05) is 6.92 Å². The first-order valence-electron chi connectivity index (χ1n) is 5.93. The van der Waals surface area contributed by atoms with Crippen LogP contribution in [-0.2, 0) is 20.9 Å². The number of carboxylic acid groups (broad SMARTS) is 1. The molecule has 1 N–H and O–H groups in total. The molecule has 1 rings (SSSR count). The van der Waals surface area contributed by atoms with Crippen molar-refractivity contribution in [2.75, 3.05) is 20.3 Å². The fourth-order valence-corrected chi connectivity index (χ4v) is 1.59. The van der Waals surface area contributed by atoms with Gasteiger partial charge in [0, 0.05) is 32.6 Å². The standard InChI is InChI=1S/C13H18N2O4/c1-10(13(17)18)7-15(12(16)9-19-2)8-11-3-5-14-6-4-11/h3-6,10H,7-9H2,1-2H3,(H,17,18). The normalized spacial score (nSPS) is 11.9. The molecule has 0 aliphatic rings. The second-order valence-corrected chi connectivity index (χ2v) is 4.30. The number of aliphatic carboxylic acids is 1. The van der Waals surface area contributed by atoms with Crippen molar-refractivity contribution in [1.29, 1.82) is 0 Å². The molecule has 0 bridgehead atoms. The highest BCUT2D eigenvalue weighted by molar-refractivity contribution is 5.78. The van der Waals surface area contributed by atoms with Gasteiger partial charge in [-0.15, -0.1) is 0 Å². The van der Waals surface area contributed by atoms with Crippen LogP contribution in [0.3, 0.4) is 0 Å². The van der Waals surface area contributed by atoms with Crippen molar-refractivity contribution in [2.45, 2.75) is 13.5 Å². The molecule has 1 unspecified atom stereocenters. The van der Waals surface area contributed by atoms with Crippen LogP contribution in [0.5, 0.6) is 0 Å². The molecule has 6 heteroatoms. The molecule has 104 valence electrons. The number of carbonyl (C=O) groups is 2. The average Bonchev–Trinajstić information content (AvgIpc) is 2.39. The van der Waals surface area contributed by atoms with Gasteiger partial charge in [0.1, 0.15) is 6.61 Å². The molecule has 6 nitrogen and oxygen atoms in total. The molecule has 0 fully saturated rings. The van der Waals surface area contributed by atoms with E-state index in [0.29, 0.717) is 6.54 Å². The first kappa shape index (κ1) is 15.1. The average molecular weight is 266 g/mol. The van der Waals surface area contributed by atoms with Crippen molar-refractivity contribution in [3.63, 3.8) is 0 Å². The zero-order chi connectivity index (χ0) is 14.3. The van der Waals surface area contributed by atoms with Crippen LogP contribution in [0.4, 0.5) is 0 Å². The number of ether oxygens (including phenoxy) is 1. The van der Waals surface area contributed by atoms with Gasteiger partial charge in [-0.2, -0.15) is 0 Å². The van der Waals surface area contributed by atoms with Crippen LogP contribution in [0.25, 0.3) is 0 Å². The van der Waals surface area contributed by atoms with Gasteiger partial charge in [0.15, 0.2) is 0 Å². The van der Waals surface area contributed by atoms with Crippen molar-refractivity contribution < 1.29 is 19.4 Å². The molecule has 1 amide bonds. The zero-order valence-electron chi connectivity index (χ0n) is 11.1. The molecule has 1 atom stereocenters. The van der Waals surface area contributed by atoms with Crippen LogP contribution < -0.4 is 0 Å². The largest absolute Gasteiger partial charge is 0.481 e. The summed E-state index contributed by atoms with van der Waals surface area (Å²) in [5.41, 5.74) is 0.900. The highest BCUT2D eigenvalue weighted by atomic mass is 16.5. The van der Waals surface area contributed by atoms with Crippen molar-refractivity contribution in [1.82, 2.24) is 9.88 Å². The molecule has 1 aromatic heterocycles. The van der Waals surface area contributed by atoms with E-state index in [0.717, 1.165) is 5.56 Å². The van der Waals surface area contributed by atoms with E-state index in [1.807, 2.05) is 0 Å². The van der Waals surface area contributed by atoms with Gasteiger partial charge in [0.25, 0.3) is 0 Å². The summed E-state index contributed by atoms with van der Waals surface area (Å²) < 4.78 is 4.81. The number of carboxylic acids is 1. The molecule has 0 saturated carbocycles. The number of carbonyl (C=O) groups excluding carboxylic acids is 1. The van der Waals surface area contributed by atoms with Crippen LogP contribution in [0.15, 0.2) is 24.5 Å². The molecule has 0 radical (unpaired) electrons. The maximum Gasteiger partial charge on any atom is 0.308 e. The van der Waals surface area contributed by atoms with Gasteiger partial charge in [-0.05, 0) is 17.7 Å². The first-order valence-corrected chi connectivity index (χ1v) is 5.93. The summed E-state index contributed by atoms with van der Waals surface area (Å²) in [5, 5.41) is 8.93. The first-order chi connectivity index (χ1) is 9.04. The molecule has 19 heavy (non-hydrogen) atoms. The van der Waals surface area contributed by atoms with E-state index in [-0.39, 0.29) is 19.1 Å². The predicted octanol–water partition coefficient (Wildman–Crippen LogP) is 0.777. The van der Waals surface area contributed by atoms with E-state index in [1.165, 1.54) is 12.0 Å². The monoisotopic (exact) mass is 266 g/mol. The Kier molecular flexibility index (Phi) is 5.95. The van der Waals surface area contributed by atoms with Crippen LogP contribution in [0.1, 0.15) is 12.5 Å². The third-order valence-electron chi connectivity index (χ3n) is 2.66.